The summed E-state index contributed by atoms with van der Waals surface area (Å²) in [6.45, 7) is 6.42. The molecule has 22 heavy (non-hydrogen) atoms. The number of carboxylic acids is 1. The van der Waals surface area contributed by atoms with Crippen molar-refractivity contribution in [2.75, 3.05) is 13.1 Å². The molecule has 1 N–H and O–H groups in total. The SMILES string of the molecule is Cc1cc(C(=O)CCC(=O)N2C[C@@H](C)[C@H](C(=O)O)C2)c(C)s1. The van der Waals surface area contributed by atoms with E-state index in [2.05, 4.69) is 0 Å². The summed E-state index contributed by atoms with van der Waals surface area (Å²) < 4.78 is 0. The minimum Gasteiger partial charge on any atom is -0.481 e. The van der Waals surface area contributed by atoms with Gasteiger partial charge < -0.3 is 10.0 Å². The van der Waals surface area contributed by atoms with Crippen molar-refractivity contribution in [2.24, 2.45) is 11.8 Å². The number of carbonyl (C=O) groups excluding carboxylic acids is 2. The van der Waals surface area contributed by atoms with Gasteiger partial charge in [0.25, 0.3) is 0 Å². The minimum atomic E-state index is -0.858. The second-order valence-corrected chi connectivity index (χ2v) is 7.43. The molecule has 0 radical (unpaired) electrons. The van der Waals surface area contributed by atoms with Crippen molar-refractivity contribution in [1.29, 1.82) is 0 Å². The number of aryl methyl sites for hydroxylation is 2. The van der Waals surface area contributed by atoms with E-state index in [0.717, 1.165) is 9.75 Å². The molecule has 1 aliphatic rings. The maximum Gasteiger partial charge on any atom is 0.308 e. The molecule has 0 bridgehead atoms. The summed E-state index contributed by atoms with van der Waals surface area (Å²) in [7, 11) is 0. The van der Waals surface area contributed by atoms with Crippen molar-refractivity contribution in [3.63, 3.8) is 0 Å². The lowest BCUT2D eigenvalue weighted by atomic mass is 9.99. The number of carboxylic acid groups (broad SMARTS) is 1. The monoisotopic (exact) mass is 323 g/mol. The van der Waals surface area contributed by atoms with Gasteiger partial charge in [0.1, 0.15) is 0 Å². The van der Waals surface area contributed by atoms with Gasteiger partial charge in [-0.05, 0) is 25.8 Å². The fraction of sp³-hybridized carbons (Fsp3) is 0.562. The molecule has 1 aromatic heterocycles. The lowest BCUT2D eigenvalue weighted by molar-refractivity contribution is -0.142. The van der Waals surface area contributed by atoms with E-state index in [0.29, 0.717) is 12.1 Å². The lowest BCUT2D eigenvalue weighted by Crippen LogP contribution is -2.30. The van der Waals surface area contributed by atoms with Crippen molar-refractivity contribution in [2.45, 2.75) is 33.6 Å². The zero-order valence-corrected chi connectivity index (χ0v) is 13.9. The lowest BCUT2D eigenvalue weighted by Gasteiger charge is -2.15. The maximum atomic E-state index is 12.2. The van der Waals surface area contributed by atoms with Crippen LogP contribution in [-0.4, -0.2) is 40.8 Å². The largest absolute Gasteiger partial charge is 0.481 e. The smallest absolute Gasteiger partial charge is 0.308 e. The van der Waals surface area contributed by atoms with Crippen LogP contribution in [-0.2, 0) is 9.59 Å². The van der Waals surface area contributed by atoms with Gasteiger partial charge in [-0.1, -0.05) is 6.92 Å². The van der Waals surface area contributed by atoms with E-state index in [-0.39, 0.29) is 37.0 Å². The van der Waals surface area contributed by atoms with Crippen LogP contribution >= 0.6 is 11.3 Å². The van der Waals surface area contributed by atoms with Gasteiger partial charge in [-0.2, -0.15) is 0 Å². The third kappa shape index (κ3) is 3.55. The molecule has 120 valence electrons. The number of nitrogens with zero attached hydrogens (tertiary/aromatic N) is 1. The summed E-state index contributed by atoms with van der Waals surface area (Å²) in [6, 6.07) is 1.87. The van der Waals surface area contributed by atoms with Crippen molar-refractivity contribution >= 4 is 29.0 Å². The minimum absolute atomic E-state index is 0.0165. The van der Waals surface area contributed by atoms with Crippen LogP contribution in [0.4, 0.5) is 0 Å². The molecule has 0 spiro atoms. The number of aliphatic carboxylic acids is 1. The summed E-state index contributed by atoms with van der Waals surface area (Å²) in [6.07, 6.45) is 0.324. The third-order valence-corrected chi connectivity index (χ3v) is 5.16. The summed E-state index contributed by atoms with van der Waals surface area (Å²) in [4.78, 5) is 39.1. The normalized spacial score (nSPS) is 21.1. The van der Waals surface area contributed by atoms with Crippen molar-refractivity contribution < 1.29 is 19.5 Å². The topological polar surface area (TPSA) is 74.7 Å². The Kier molecular flexibility index (Phi) is 5.01. The summed E-state index contributed by atoms with van der Waals surface area (Å²) in [5.74, 6) is -1.55. The van der Waals surface area contributed by atoms with Crippen LogP contribution in [0.15, 0.2) is 6.07 Å². The first-order valence-electron chi connectivity index (χ1n) is 7.40. The second-order valence-electron chi connectivity index (χ2n) is 5.97. The number of carbonyl (C=O) groups is 3. The molecule has 1 fully saturated rings. The fourth-order valence-electron chi connectivity index (χ4n) is 2.91. The van der Waals surface area contributed by atoms with Gasteiger partial charge in [0.05, 0.1) is 5.92 Å². The number of ketones is 1. The Morgan fingerprint density at radius 2 is 1.95 bits per heavy atom. The number of likely N-dealkylation sites (tertiary alicyclic amines) is 1. The van der Waals surface area contributed by atoms with E-state index in [1.54, 1.807) is 16.2 Å². The highest BCUT2D eigenvalue weighted by atomic mass is 32.1. The van der Waals surface area contributed by atoms with Crippen molar-refractivity contribution in [3.8, 4) is 0 Å². The van der Waals surface area contributed by atoms with Gasteiger partial charge >= 0.3 is 5.97 Å². The zero-order valence-electron chi connectivity index (χ0n) is 13.1. The van der Waals surface area contributed by atoms with Gasteiger partial charge in [-0.3, -0.25) is 14.4 Å². The Morgan fingerprint density at radius 3 is 2.45 bits per heavy atom. The van der Waals surface area contributed by atoms with E-state index in [1.807, 2.05) is 26.8 Å². The highest BCUT2D eigenvalue weighted by molar-refractivity contribution is 7.12. The van der Waals surface area contributed by atoms with E-state index in [4.69, 9.17) is 5.11 Å². The van der Waals surface area contributed by atoms with E-state index in [9.17, 15) is 14.4 Å². The Labute approximate surface area is 133 Å². The van der Waals surface area contributed by atoms with Gasteiger partial charge in [0.2, 0.25) is 5.91 Å². The average molecular weight is 323 g/mol. The van der Waals surface area contributed by atoms with Crippen LogP contribution < -0.4 is 0 Å². The molecule has 0 saturated carbocycles. The molecule has 0 aliphatic carbocycles. The highest BCUT2D eigenvalue weighted by Crippen LogP contribution is 2.25. The predicted octanol–water partition coefficient (Wildman–Crippen LogP) is 2.51. The standard InChI is InChI=1S/C16H21NO4S/c1-9-7-17(8-13(9)16(20)21)15(19)5-4-14(18)12-6-10(2)22-11(12)3/h6,9,13H,4-5,7-8H2,1-3H3,(H,20,21)/t9-,13-/m1/s1. The average Bonchev–Trinajstić information content (AvgIpc) is 2.98. The molecular formula is C16H21NO4S. The van der Waals surface area contributed by atoms with Crippen LogP contribution in [0.2, 0.25) is 0 Å². The predicted molar refractivity (Wildman–Crippen MR) is 84.2 cm³/mol. The summed E-state index contributed by atoms with van der Waals surface area (Å²) in [5, 5.41) is 9.09. The molecule has 0 unspecified atom stereocenters. The number of rotatable bonds is 5. The maximum absolute atomic E-state index is 12.2. The van der Waals surface area contributed by atoms with E-state index in [1.165, 1.54) is 0 Å². The molecule has 1 amide bonds. The third-order valence-electron chi connectivity index (χ3n) is 4.19. The number of thiophene rings is 1. The first-order valence-corrected chi connectivity index (χ1v) is 8.22. The fourth-order valence-corrected chi connectivity index (χ4v) is 3.86. The summed E-state index contributed by atoms with van der Waals surface area (Å²) >= 11 is 1.58. The Hall–Kier alpha value is -1.69. The van der Waals surface area contributed by atoms with Gasteiger partial charge in [-0.25, -0.2) is 0 Å². The second kappa shape index (κ2) is 6.60. The zero-order chi connectivity index (χ0) is 16.4. The van der Waals surface area contributed by atoms with Crippen LogP contribution in [0.1, 0.15) is 39.9 Å². The van der Waals surface area contributed by atoms with Crippen LogP contribution in [0.5, 0.6) is 0 Å². The molecule has 2 rings (SSSR count). The van der Waals surface area contributed by atoms with Crippen LogP contribution in [0.3, 0.4) is 0 Å². The number of hydrogen-bond donors (Lipinski definition) is 1. The van der Waals surface area contributed by atoms with Crippen LogP contribution in [0.25, 0.3) is 0 Å². The molecule has 0 aromatic carbocycles. The van der Waals surface area contributed by atoms with E-state index >= 15 is 0 Å². The highest BCUT2D eigenvalue weighted by Gasteiger charge is 2.36. The first-order chi connectivity index (χ1) is 10.3. The molecule has 6 heteroatoms. The molecular weight excluding hydrogens is 302 g/mol. The van der Waals surface area contributed by atoms with Gasteiger partial charge in [0.15, 0.2) is 5.78 Å². The molecule has 1 aliphatic heterocycles. The molecule has 2 heterocycles. The molecule has 1 saturated heterocycles. The Balaban J connectivity index is 1.90. The number of Topliss-reactive ketones (excluding diaryl/α,β-unsaturated/α-hetero) is 1. The van der Waals surface area contributed by atoms with Crippen molar-refractivity contribution in [1.82, 2.24) is 4.90 Å². The van der Waals surface area contributed by atoms with Crippen LogP contribution in [0, 0.1) is 25.7 Å². The molecule has 1 aromatic rings. The number of hydrogen-bond acceptors (Lipinski definition) is 4. The van der Waals surface area contributed by atoms with Gasteiger partial charge in [-0.15, -0.1) is 11.3 Å². The first kappa shape index (κ1) is 16.7. The van der Waals surface area contributed by atoms with Crippen molar-refractivity contribution in [3.05, 3.63) is 21.4 Å². The Morgan fingerprint density at radius 1 is 1.27 bits per heavy atom. The molecule has 5 nitrogen and oxygen atoms in total. The summed E-state index contributed by atoms with van der Waals surface area (Å²) in [5.41, 5.74) is 0.702. The Bertz CT molecular complexity index is 607. The quantitative estimate of drug-likeness (QED) is 0.845. The van der Waals surface area contributed by atoms with Gasteiger partial charge in [0, 0.05) is 41.2 Å². The van der Waals surface area contributed by atoms with E-state index < -0.39 is 11.9 Å². The number of amides is 1. The molecule has 2 atom stereocenters.